The van der Waals surface area contributed by atoms with Crippen LogP contribution in [0.2, 0.25) is 0 Å². The van der Waals surface area contributed by atoms with Crippen molar-refractivity contribution in [2.75, 3.05) is 33.2 Å². The minimum atomic E-state index is -0.258. The van der Waals surface area contributed by atoms with E-state index in [-0.39, 0.29) is 30.8 Å². The first-order valence-electron chi connectivity index (χ1n) is 7.50. The van der Waals surface area contributed by atoms with E-state index in [1.54, 1.807) is 0 Å². The molecule has 0 unspecified atom stereocenters. The fourth-order valence-electron chi connectivity index (χ4n) is 2.16. The second-order valence-electron chi connectivity index (χ2n) is 5.36. The van der Waals surface area contributed by atoms with E-state index < -0.39 is 0 Å². The third kappa shape index (κ3) is 6.71. The molecule has 3 N–H and O–H groups in total. The standard InChI is InChI=1S/C15H26N4O2/c1-3-14(20)13-8-4-5-9-18(2)10-6-7-11-19(16)15(21)12-17-13/h13,17H,3-5,8-12,16H2,1-2H3/t13-/m0/s1. The van der Waals surface area contributed by atoms with Crippen LogP contribution >= 0.6 is 0 Å². The summed E-state index contributed by atoms with van der Waals surface area (Å²) in [7, 11) is 2.01. The van der Waals surface area contributed by atoms with Gasteiger partial charge in [0, 0.05) is 6.42 Å². The summed E-state index contributed by atoms with van der Waals surface area (Å²) < 4.78 is 0. The van der Waals surface area contributed by atoms with Crippen LogP contribution in [-0.2, 0) is 9.59 Å². The van der Waals surface area contributed by atoms with Crippen molar-refractivity contribution in [1.82, 2.24) is 15.2 Å². The monoisotopic (exact) mass is 294 g/mol. The largest absolute Gasteiger partial charge is 0.299 e. The quantitative estimate of drug-likeness (QED) is 0.417. The maximum atomic E-state index is 11.9. The topological polar surface area (TPSA) is 78.7 Å². The Balaban J connectivity index is 2.68. The zero-order valence-electron chi connectivity index (χ0n) is 13.0. The van der Waals surface area contributed by atoms with Gasteiger partial charge < -0.3 is 0 Å². The number of hydrogen-bond acceptors (Lipinski definition) is 5. The Kier molecular flexibility index (Phi) is 7.98. The summed E-state index contributed by atoms with van der Waals surface area (Å²) in [6.45, 7) is 3.75. The lowest BCUT2D eigenvalue weighted by molar-refractivity contribution is -0.130. The molecule has 0 aromatic rings. The number of carbonyl (C=O) groups is 2. The third-order valence-electron chi connectivity index (χ3n) is 3.56. The number of hydrazine groups is 1. The van der Waals surface area contributed by atoms with Crippen molar-refractivity contribution in [2.45, 2.75) is 38.6 Å². The minimum absolute atomic E-state index is 0.0779. The molecule has 1 amide bonds. The highest BCUT2D eigenvalue weighted by Gasteiger charge is 2.18. The van der Waals surface area contributed by atoms with Crippen molar-refractivity contribution >= 4 is 11.7 Å². The van der Waals surface area contributed by atoms with E-state index in [0.29, 0.717) is 13.0 Å². The molecule has 0 aromatic carbocycles. The normalized spacial score (nSPS) is 23.1. The summed E-state index contributed by atoms with van der Waals surface area (Å²) in [5.41, 5.74) is 0. The Bertz CT molecular complexity index is 414. The summed E-state index contributed by atoms with van der Waals surface area (Å²) in [5.74, 6) is 11.5. The van der Waals surface area contributed by atoms with E-state index in [0.717, 1.165) is 30.8 Å². The van der Waals surface area contributed by atoms with Crippen LogP contribution in [0, 0.1) is 11.8 Å². The zero-order valence-corrected chi connectivity index (χ0v) is 13.0. The van der Waals surface area contributed by atoms with Crippen molar-refractivity contribution < 1.29 is 9.59 Å². The summed E-state index contributed by atoms with van der Waals surface area (Å²) in [6, 6.07) is -0.258. The van der Waals surface area contributed by atoms with E-state index in [1.807, 2.05) is 14.0 Å². The fraction of sp³-hybridized carbons (Fsp3) is 0.733. The highest BCUT2D eigenvalue weighted by molar-refractivity contribution is 5.85. The molecule has 1 aliphatic rings. The summed E-state index contributed by atoms with van der Waals surface area (Å²) in [5, 5.41) is 4.13. The number of Topliss-reactive ketones (excluding diaryl/α,β-unsaturated/α-hetero) is 1. The summed E-state index contributed by atoms with van der Waals surface area (Å²) in [6.07, 6.45) is 3.19. The molecule has 1 aliphatic heterocycles. The number of amides is 1. The fourth-order valence-corrected chi connectivity index (χ4v) is 2.16. The van der Waals surface area contributed by atoms with Gasteiger partial charge in [0.05, 0.1) is 25.7 Å². The molecule has 1 rings (SSSR count). The molecular formula is C15H26N4O2. The molecule has 1 atom stereocenters. The lowest BCUT2D eigenvalue weighted by atomic mass is 10.0. The number of hydrogen-bond donors (Lipinski definition) is 2. The van der Waals surface area contributed by atoms with Crippen LogP contribution in [0.25, 0.3) is 0 Å². The van der Waals surface area contributed by atoms with Crippen molar-refractivity contribution in [3.8, 4) is 11.8 Å². The maximum Gasteiger partial charge on any atom is 0.251 e. The van der Waals surface area contributed by atoms with Crippen LogP contribution in [0.3, 0.4) is 0 Å². The molecule has 0 radical (unpaired) electrons. The van der Waals surface area contributed by atoms with Crippen molar-refractivity contribution in [3.63, 3.8) is 0 Å². The lowest BCUT2D eigenvalue weighted by Gasteiger charge is -2.20. The number of carbonyl (C=O) groups excluding carboxylic acids is 2. The Labute approximate surface area is 127 Å². The van der Waals surface area contributed by atoms with Gasteiger partial charge in [-0.1, -0.05) is 25.2 Å². The van der Waals surface area contributed by atoms with E-state index in [4.69, 9.17) is 5.84 Å². The molecule has 0 aliphatic carbocycles. The molecule has 0 saturated heterocycles. The molecule has 1 heterocycles. The van der Waals surface area contributed by atoms with Crippen LogP contribution in [0.15, 0.2) is 0 Å². The second kappa shape index (κ2) is 9.50. The lowest BCUT2D eigenvalue weighted by Crippen LogP contribution is -2.47. The van der Waals surface area contributed by atoms with Crippen LogP contribution in [-0.4, -0.2) is 60.9 Å². The van der Waals surface area contributed by atoms with Crippen LogP contribution < -0.4 is 11.2 Å². The van der Waals surface area contributed by atoms with Gasteiger partial charge in [-0.15, -0.1) is 0 Å². The van der Waals surface area contributed by atoms with Crippen LogP contribution in [0.1, 0.15) is 32.6 Å². The van der Waals surface area contributed by atoms with E-state index in [2.05, 4.69) is 22.1 Å². The van der Waals surface area contributed by atoms with Gasteiger partial charge in [-0.3, -0.25) is 24.8 Å². The van der Waals surface area contributed by atoms with Gasteiger partial charge in [-0.25, -0.2) is 5.84 Å². The zero-order chi connectivity index (χ0) is 15.7. The summed E-state index contributed by atoms with van der Waals surface area (Å²) in [4.78, 5) is 25.9. The minimum Gasteiger partial charge on any atom is -0.299 e. The summed E-state index contributed by atoms with van der Waals surface area (Å²) >= 11 is 0. The molecular weight excluding hydrogens is 268 g/mol. The Morgan fingerprint density at radius 3 is 2.81 bits per heavy atom. The van der Waals surface area contributed by atoms with Gasteiger partial charge in [-0.05, 0) is 26.4 Å². The first-order chi connectivity index (χ1) is 10.0. The third-order valence-corrected chi connectivity index (χ3v) is 3.56. The first kappa shape index (κ1) is 17.6. The van der Waals surface area contributed by atoms with Crippen molar-refractivity contribution in [3.05, 3.63) is 0 Å². The van der Waals surface area contributed by atoms with Gasteiger partial charge in [0.2, 0.25) is 0 Å². The first-order valence-corrected chi connectivity index (χ1v) is 7.50. The van der Waals surface area contributed by atoms with E-state index in [9.17, 15) is 9.59 Å². The average molecular weight is 294 g/mol. The highest BCUT2D eigenvalue weighted by atomic mass is 16.2. The van der Waals surface area contributed by atoms with Gasteiger partial charge >= 0.3 is 0 Å². The van der Waals surface area contributed by atoms with E-state index in [1.165, 1.54) is 0 Å². The molecule has 0 spiro atoms. The number of nitrogens with one attached hydrogen (secondary N) is 1. The van der Waals surface area contributed by atoms with Crippen LogP contribution in [0.4, 0.5) is 0 Å². The molecule has 0 saturated carbocycles. The number of rotatable bonds is 2. The second-order valence-corrected chi connectivity index (χ2v) is 5.36. The van der Waals surface area contributed by atoms with Crippen molar-refractivity contribution in [2.24, 2.45) is 5.84 Å². The molecule has 0 aromatic heterocycles. The molecule has 0 bridgehead atoms. The van der Waals surface area contributed by atoms with Crippen molar-refractivity contribution in [1.29, 1.82) is 0 Å². The molecule has 0 fully saturated rings. The highest BCUT2D eigenvalue weighted by Crippen LogP contribution is 2.05. The SMILES string of the molecule is CCC(=O)[C@@H]1CCCCN(C)CC#CCN(N)C(=O)CN1. The Morgan fingerprint density at radius 1 is 1.38 bits per heavy atom. The molecule has 6 nitrogen and oxygen atoms in total. The number of ketones is 1. The molecule has 21 heavy (non-hydrogen) atoms. The average Bonchev–Trinajstić information content (AvgIpc) is 2.48. The van der Waals surface area contributed by atoms with Gasteiger partial charge in [0.1, 0.15) is 5.78 Å². The predicted molar refractivity (Wildman–Crippen MR) is 82.1 cm³/mol. The van der Waals surface area contributed by atoms with Gasteiger partial charge in [0.25, 0.3) is 5.91 Å². The molecule has 6 heteroatoms. The number of nitrogens with two attached hydrogens (primary N) is 1. The number of nitrogens with zero attached hydrogens (tertiary/aromatic N) is 2. The molecule has 118 valence electrons. The van der Waals surface area contributed by atoms with Crippen LogP contribution in [0.5, 0.6) is 0 Å². The maximum absolute atomic E-state index is 11.9. The Morgan fingerprint density at radius 2 is 2.10 bits per heavy atom. The van der Waals surface area contributed by atoms with E-state index >= 15 is 0 Å². The Hall–Kier alpha value is -1.42. The predicted octanol–water partition coefficient (Wildman–Crippen LogP) is -0.255. The smallest absolute Gasteiger partial charge is 0.251 e. The van der Waals surface area contributed by atoms with Gasteiger partial charge in [-0.2, -0.15) is 0 Å². The van der Waals surface area contributed by atoms with Gasteiger partial charge in [0.15, 0.2) is 0 Å².